The molecule has 1 aromatic heterocycles. The highest BCUT2D eigenvalue weighted by molar-refractivity contribution is 5.18. The van der Waals surface area contributed by atoms with Crippen molar-refractivity contribution in [2.75, 3.05) is 13.1 Å². The van der Waals surface area contributed by atoms with Crippen LogP contribution in [0.25, 0.3) is 0 Å². The largest absolute Gasteiger partial charge is 0.313 e. The molecular formula is C10H16FN3. The molecule has 1 aromatic rings. The Bertz CT molecular complexity index is 302. The molecule has 2 heterocycles. The van der Waals surface area contributed by atoms with Crippen LogP contribution in [0.2, 0.25) is 0 Å². The van der Waals surface area contributed by atoms with Gasteiger partial charge in [0.15, 0.2) is 5.67 Å². The Morgan fingerprint density at radius 3 is 3.21 bits per heavy atom. The topological polar surface area (TPSA) is 29.9 Å². The molecule has 0 saturated carbocycles. The van der Waals surface area contributed by atoms with E-state index in [1.54, 1.807) is 6.20 Å². The minimum atomic E-state index is -1.19. The third-order valence-electron chi connectivity index (χ3n) is 2.71. The monoisotopic (exact) mass is 197 g/mol. The predicted molar refractivity (Wildman–Crippen MR) is 52.8 cm³/mol. The second-order valence-electron chi connectivity index (χ2n) is 3.88. The van der Waals surface area contributed by atoms with Gasteiger partial charge in [0.05, 0.1) is 6.20 Å². The van der Waals surface area contributed by atoms with Crippen LogP contribution >= 0.6 is 0 Å². The van der Waals surface area contributed by atoms with E-state index < -0.39 is 5.67 Å². The van der Waals surface area contributed by atoms with Crippen molar-refractivity contribution < 1.29 is 4.39 Å². The first-order valence-corrected chi connectivity index (χ1v) is 5.17. The zero-order valence-electron chi connectivity index (χ0n) is 8.46. The Morgan fingerprint density at radius 1 is 1.71 bits per heavy atom. The summed E-state index contributed by atoms with van der Waals surface area (Å²) in [6.07, 6.45) is 5.07. The molecule has 1 aliphatic heterocycles. The summed E-state index contributed by atoms with van der Waals surface area (Å²) in [5, 5.41) is 7.19. The van der Waals surface area contributed by atoms with Crippen molar-refractivity contribution >= 4 is 0 Å². The van der Waals surface area contributed by atoms with Crippen LogP contribution in [0.3, 0.4) is 0 Å². The maximum atomic E-state index is 14.2. The van der Waals surface area contributed by atoms with E-state index in [0.717, 1.165) is 25.1 Å². The Morgan fingerprint density at radius 2 is 2.57 bits per heavy atom. The van der Waals surface area contributed by atoms with Gasteiger partial charge >= 0.3 is 0 Å². The SMILES string of the molecule is CCCn1cc(C2(F)CCNC2)cn1. The summed E-state index contributed by atoms with van der Waals surface area (Å²) in [4.78, 5) is 0. The van der Waals surface area contributed by atoms with E-state index in [1.807, 2.05) is 10.9 Å². The van der Waals surface area contributed by atoms with Gasteiger partial charge in [0.2, 0.25) is 0 Å². The van der Waals surface area contributed by atoms with Gasteiger partial charge in [-0.05, 0) is 19.4 Å². The van der Waals surface area contributed by atoms with Crippen molar-refractivity contribution in [3.8, 4) is 0 Å². The lowest BCUT2D eigenvalue weighted by Gasteiger charge is -2.15. The quantitative estimate of drug-likeness (QED) is 0.794. The molecule has 1 unspecified atom stereocenters. The number of aromatic nitrogens is 2. The first-order valence-electron chi connectivity index (χ1n) is 5.17. The van der Waals surface area contributed by atoms with Gasteiger partial charge in [0, 0.05) is 24.8 Å². The molecule has 4 heteroatoms. The number of alkyl halides is 1. The molecule has 0 spiro atoms. The lowest BCUT2D eigenvalue weighted by atomic mass is 9.99. The van der Waals surface area contributed by atoms with Gasteiger partial charge in [-0.25, -0.2) is 4.39 Å². The summed E-state index contributed by atoms with van der Waals surface area (Å²) >= 11 is 0. The second kappa shape index (κ2) is 3.69. The lowest BCUT2D eigenvalue weighted by molar-refractivity contribution is 0.193. The van der Waals surface area contributed by atoms with Gasteiger partial charge in [-0.3, -0.25) is 4.68 Å². The maximum Gasteiger partial charge on any atom is 0.152 e. The van der Waals surface area contributed by atoms with E-state index in [1.165, 1.54) is 0 Å². The Hall–Kier alpha value is -0.900. The molecule has 1 aliphatic rings. The highest BCUT2D eigenvalue weighted by Crippen LogP contribution is 2.31. The van der Waals surface area contributed by atoms with Crippen molar-refractivity contribution in [3.05, 3.63) is 18.0 Å². The van der Waals surface area contributed by atoms with Gasteiger partial charge in [0.1, 0.15) is 0 Å². The Kier molecular flexibility index (Phi) is 2.54. The minimum Gasteiger partial charge on any atom is -0.313 e. The van der Waals surface area contributed by atoms with Crippen molar-refractivity contribution in [2.24, 2.45) is 0 Å². The second-order valence-corrected chi connectivity index (χ2v) is 3.88. The van der Waals surface area contributed by atoms with Gasteiger partial charge in [-0.15, -0.1) is 0 Å². The van der Waals surface area contributed by atoms with E-state index in [0.29, 0.717) is 13.0 Å². The molecule has 1 fully saturated rings. The van der Waals surface area contributed by atoms with E-state index in [-0.39, 0.29) is 0 Å². The fraction of sp³-hybridized carbons (Fsp3) is 0.700. The summed E-state index contributed by atoms with van der Waals surface area (Å²) in [7, 11) is 0. The molecule has 0 radical (unpaired) electrons. The number of nitrogens with zero attached hydrogens (tertiary/aromatic N) is 2. The highest BCUT2D eigenvalue weighted by atomic mass is 19.1. The van der Waals surface area contributed by atoms with E-state index >= 15 is 0 Å². The van der Waals surface area contributed by atoms with Crippen molar-refractivity contribution in [1.82, 2.24) is 15.1 Å². The van der Waals surface area contributed by atoms with Crippen LogP contribution in [-0.2, 0) is 12.2 Å². The molecule has 78 valence electrons. The Balaban J connectivity index is 2.15. The normalized spacial score (nSPS) is 27.0. The zero-order valence-corrected chi connectivity index (χ0v) is 8.46. The third-order valence-corrected chi connectivity index (χ3v) is 2.71. The summed E-state index contributed by atoms with van der Waals surface area (Å²) in [5.74, 6) is 0. The van der Waals surface area contributed by atoms with Crippen molar-refractivity contribution in [3.63, 3.8) is 0 Å². The van der Waals surface area contributed by atoms with Crippen LogP contribution in [0, 0.1) is 0 Å². The summed E-state index contributed by atoms with van der Waals surface area (Å²) in [5.41, 5.74) is -0.470. The van der Waals surface area contributed by atoms with Crippen molar-refractivity contribution in [1.29, 1.82) is 0 Å². The van der Waals surface area contributed by atoms with Crippen molar-refractivity contribution in [2.45, 2.75) is 32.0 Å². The first kappa shape index (κ1) is 9.65. The van der Waals surface area contributed by atoms with Crippen LogP contribution in [0.5, 0.6) is 0 Å². The number of rotatable bonds is 3. The number of hydrogen-bond acceptors (Lipinski definition) is 2. The number of aryl methyl sites for hydroxylation is 1. The van der Waals surface area contributed by atoms with Crippen LogP contribution in [0.4, 0.5) is 4.39 Å². The molecular weight excluding hydrogens is 181 g/mol. The van der Waals surface area contributed by atoms with E-state index in [9.17, 15) is 4.39 Å². The Labute approximate surface area is 83.3 Å². The molecule has 3 nitrogen and oxygen atoms in total. The van der Waals surface area contributed by atoms with E-state index in [4.69, 9.17) is 0 Å². The number of halogens is 1. The molecule has 1 N–H and O–H groups in total. The summed E-state index contributed by atoms with van der Waals surface area (Å²) in [6, 6.07) is 0. The van der Waals surface area contributed by atoms with Crippen LogP contribution in [0.1, 0.15) is 25.3 Å². The highest BCUT2D eigenvalue weighted by Gasteiger charge is 2.36. The molecule has 14 heavy (non-hydrogen) atoms. The molecule has 0 aliphatic carbocycles. The molecule has 1 atom stereocenters. The molecule has 1 saturated heterocycles. The molecule has 0 bridgehead atoms. The van der Waals surface area contributed by atoms with Crippen LogP contribution < -0.4 is 5.32 Å². The third kappa shape index (κ3) is 1.66. The van der Waals surface area contributed by atoms with Crippen LogP contribution in [0.15, 0.2) is 12.4 Å². The number of hydrogen-bond donors (Lipinski definition) is 1. The summed E-state index contributed by atoms with van der Waals surface area (Å²) < 4.78 is 16.0. The predicted octanol–water partition coefficient (Wildman–Crippen LogP) is 1.45. The van der Waals surface area contributed by atoms with Gasteiger partial charge in [-0.2, -0.15) is 5.10 Å². The maximum absolute atomic E-state index is 14.2. The molecule has 0 aromatic carbocycles. The summed E-state index contributed by atoms with van der Waals surface area (Å²) in [6.45, 7) is 4.13. The van der Waals surface area contributed by atoms with Gasteiger partial charge < -0.3 is 5.32 Å². The number of nitrogens with one attached hydrogen (secondary N) is 1. The molecule has 2 rings (SSSR count). The molecule has 0 amide bonds. The van der Waals surface area contributed by atoms with Gasteiger partial charge in [0.25, 0.3) is 0 Å². The smallest absolute Gasteiger partial charge is 0.152 e. The first-order chi connectivity index (χ1) is 6.74. The lowest BCUT2D eigenvalue weighted by Crippen LogP contribution is -2.22. The fourth-order valence-electron chi connectivity index (χ4n) is 1.85. The average molecular weight is 197 g/mol. The van der Waals surface area contributed by atoms with Gasteiger partial charge in [-0.1, -0.05) is 6.92 Å². The minimum absolute atomic E-state index is 0.421. The standard InChI is InChI=1S/C10H16FN3/c1-2-5-14-7-9(6-13-14)10(11)3-4-12-8-10/h6-7,12H,2-5,8H2,1H3. The van der Waals surface area contributed by atoms with E-state index in [2.05, 4.69) is 17.3 Å². The zero-order chi connectivity index (χ0) is 10.0. The average Bonchev–Trinajstić information content (AvgIpc) is 2.75. The van der Waals surface area contributed by atoms with Crippen LogP contribution in [-0.4, -0.2) is 22.9 Å². The fourth-order valence-corrected chi connectivity index (χ4v) is 1.85.